The summed E-state index contributed by atoms with van der Waals surface area (Å²) in [5.41, 5.74) is 1.95. The van der Waals surface area contributed by atoms with Crippen LogP contribution in [0.4, 0.5) is 19.3 Å². The van der Waals surface area contributed by atoms with Gasteiger partial charge in [0.2, 0.25) is 5.88 Å². The highest BCUT2D eigenvalue weighted by atomic mass is 19.1. The Hall–Kier alpha value is -4.05. The number of rotatable bonds is 6. The molecule has 0 radical (unpaired) electrons. The molecule has 0 fully saturated rings. The molecule has 3 aromatic rings. The lowest BCUT2D eigenvalue weighted by Gasteiger charge is -2.37. The fourth-order valence-electron chi connectivity index (χ4n) is 4.23. The molecule has 0 saturated carbocycles. The van der Waals surface area contributed by atoms with Crippen LogP contribution in [0.25, 0.3) is 11.1 Å². The number of fused-ring (bicyclic) bond motifs is 1. The van der Waals surface area contributed by atoms with Gasteiger partial charge in [-0.1, -0.05) is 19.1 Å². The normalized spacial score (nSPS) is 18.1. The molecule has 0 bridgehead atoms. The zero-order valence-electron chi connectivity index (χ0n) is 21.4. The minimum Gasteiger partial charge on any atom is -0.472 e. The lowest BCUT2D eigenvalue weighted by Crippen LogP contribution is -2.50. The Balaban J connectivity index is 1.62. The van der Waals surface area contributed by atoms with Gasteiger partial charge in [-0.3, -0.25) is 4.79 Å². The van der Waals surface area contributed by atoms with Gasteiger partial charge in [-0.2, -0.15) is 0 Å². The molecule has 0 unspecified atom stereocenters. The molecular formula is C28H30F2N4O4. The smallest absolute Gasteiger partial charge is 0.321 e. The Morgan fingerprint density at radius 1 is 1.16 bits per heavy atom. The number of carbonyl (C=O) groups is 2. The maximum absolute atomic E-state index is 13.6. The average Bonchev–Trinajstić information content (AvgIpc) is 2.91. The molecule has 1 aliphatic heterocycles. The number of nitrogens with one attached hydrogen (secondary N) is 1. The number of hydrogen-bond acceptors (Lipinski definition) is 5. The second kappa shape index (κ2) is 11.6. The number of anilines is 1. The molecule has 0 saturated heterocycles. The van der Waals surface area contributed by atoms with Crippen molar-refractivity contribution in [2.75, 3.05) is 32.1 Å². The lowest BCUT2D eigenvalue weighted by molar-refractivity contribution is 0.0356. The largest absolute Gasteiger partial charge is 0.472 e. The van der Waals surface area contributed by atoms with Gasteiger partial charge in [0.1, 0.15) is 23.3 Å². The van der Waals surface area contributed by atoms with Gasteiger partial charge in [-0.15, -0.1) is 0 Å². The van der Waals surface area contributed by atoms with E-state index in [4.69, 9.17) is 4.74 Å². The van der Waals surface area contributed by atoms with Crippen molar-refractivity contribution in [1.82, 2.24) is 14.8 Å². The molecule has 3 amide bonds. The van der Waals surface area contributed by atoms with Crippen LogP contribution in [-0.4, -0.2) is 70.7 Å². The first kappa shape index (κ1) is 27.0. The number of aliphatic hydroxyl groups is 1. The molecule has 8 nitrogen and oxygen atoms in total. The van der Waals surface area contributed by atoms with E-state index in [2.05, 4.69) is 10.3 Å². The van der Waals surface area contributed by atoms with Crippen molar-refractivity contribution in [1.29, 1.82) is 0 Å². The second-order valence-corrected chi connectivity index (χ2v) is 9.52. The van der Waals surface area contributed by atoms with E-state index in [9.17, 15) is 23.5 Å². The summed E-state index contributed by atoms with van der Waals surface area (Å²) in [4.78, 5) is 33.8. The third kappa shape index (κ3) is 6.08. The van der Waals surface area contributed by atoms with Crippen LogP contribution in [0, 0.1) is 17.6 Å². The monoisotopic (exact) mass is 524 g/mol. The summed E-state index contributed by atoms with van der Waals surface area (Å²) in [6, 6.07) is 12.1. The number of pyridine rings is 1. The molecule has 200 valence electrons. The standard InChI is InChI=1S/C28H30F2N4O4/c1-17-14-34(18(2)16-35)27(36)24-12-20(19-4-6-21(29)7-5-19)13-31-26(24)38-25(17)15-33(3)28(37)32-23-10-8-22(30)9-11-23/h4-13,17-18,25,35H,14-16H2,1-3H3,(H,32,37)/t17-,18+,25-/m0/s1. The number of urea groups is 1. The maximum atomic E-state index is 13.6. The van der Waals surface area contributed by atoms with Crippen LogP contribution in [-0.2, 0) is 0 Å². The number of halogens is 2. The quantitative estimate of drug-likeness (QED) is 0.498. The summed E-state index contributed by atoms with van der Waals surface area (Å²) in [6.45, 7) is 3.87. The number of carbonyl (C=O) groups excluding carboxylic acids is 2. The second-order valence-electron chi connectivity index (χ2n) is 9.52. The summed E-state index contributed by atoms with van der Waals surface area (Å²) in [5.74, 6) is -1.23. The predicted molar refractivity (Wildman–Crippen MR) is 139 cm³/mol. The molecule has 38 heavy (non-hydrogen) atoms. The van der Waals surface area contributed by atoms with Gasteiger partial charge in [-0.25, -0.2) is 18.6 Å². The molecule has 2 aromatic carbocycles. The summed E-state index contributed by atoms with van der Waals surface area (Å²) in [5, 5.41) is 12.6. The van der Waals surface area contributed by atoms with E-state index in [0.29, 0.717) is 16.8 Å². The SMILES string of the molecule is C[C@H](CO)N1C[C@H](C)[C@H](CN(C)C(=O)Nc2ccc(F)cc2)Oc2ncc(-c3ccc(F)cc3)cc2C1=O. The van der Waals surface area contributed by atoms with Crippen LogP contribution >= 0.6 is 0 Å². The van der Waals surface area contributed by atoms with Gasteiger partial charge in [0.25, 0.3) is 5.91 Å². The zero-order valence-corrected chi connectivity index (χ0v) is 21.4. The average molecular weight is 525 g/mol. The van der Waals surface area contributed by atoms with Crippen molar-refractivity contribution in [3.05, 3.63) is 78.0 Å². The summed E-state index contributed by atoms with van der Waals surface area (Å²) >= 11 is 0. The van der Waals surface area contributed by atoms with Crippen LogP contribution in [0.3, 0.4) is 0 Å². The van der Waals surface area contributed by atoms with Crippen LogP contribution in [0.2, 0.25) is 0 Å². The van der Waals surface area contributed by atoms with E-state index < -0.39 is 24.0 Å². The van der Waals surface area contributed by atoms with Gasteiger partial charge in [-0.05, 0) is 55.0 Å². The number of benzene rings is 2. The maximum Gasteiger partial charge on any atom is 0.321 e. The fourth-order valence-corrected chi connectivity index (χ4v) is 4.23. The number of nitrogens with zero attached hydrogens (tertiary/aromatic N) is 3. The minimum atomic E-state index is -0.539. The Kier molecular flexibility index (Phi) is 8.21. The van der Waals surface area contributed by atoms with Gasteiger partial charge >= 0.3 is 6.03 Å². The van der Waals surface area contributed by atoms with E-state index in [1.807, 2.05) is 6.92 Å². The highest BCUT2D eigenvalue weighted by Crippen LogP contribution is 2.30. The third-order valence-electron chi connectivity index (χ3n) is 6.59. The fraction of sp³-hybridized carbons (Fsp3) is 0.321. The van der Waals surface area contributed by atoms with Crippen molar-refractivity contribution in [2.45, 2.75) is 26.0 Å². The number of aromatic nitrogens is 1. The van der Waals surface area contributed by atoms with Crippen LogP contribution < -0.4 is 10.1 Å². The minimum absolute atomic E-state index is 0.111. The summed E-state index contributed by atoms with van der Waals surface area (Å²) < 4.78 is 32.9. The van der Waals surface area contributed by atoms with Crippen LogP contribution in [0.5, 0.6) is 5.88 Å². The molecule has 3 atom stereocenters. The van der Waals surface area contributed by atoms with Gasteiger partial charge in [0.05, 0.1) is 19.2 Å². The van der Waals surface area contributed by atoms with Crippen molar-refractivity contribution in [3.63, 3.8) is 0 Å². The molecule has 4 rings (SSSR count). The number of ether oxygens (including phenoxy) is 1. The Labute approximate surface area is 219 Å². The Morgan fingerprint density at radius 3 is 2.42 bits per heavy atom. The van der Waals surface area contributed by atoms with Gasteiger partial charge < -0.3 is 25.0 Å². The van der Waals surface area contributed by atoms with Crippen molar-refractivity contribution >= 4 is 17.6 Å². The number of hydrogen-bond donors (Lipinski definition) is 2. The topological polar surface area (TPSA) is 95.0 Å². The molecule has 2 heterocycles. The van der Waals surface area contributed by atoms with Crippen LogP contribution in [0.1, 0.15) is 24.2 Å². The molecule has 0 aliphatic carbocycles. The molecule has 1 aromatic heterocycles. The first-order valence-corrected chi connectivity index (χ1v) is 12.3. The van der Waals surface area contributed by atoms with E-state index in [-0.39, 0.29) is 48.8 Å². The highest BCUT2D eigenvalue weighted by Gasteiger charge is 2.34. The van der Waals surface area contributed by atoms with E-state index in [1.165, 1.54) is 41.3 Å². The Morgan fingerprint density at radius 2 is 1.79 bits per heavy atom. The molecular weight excluding hydrogens is 494 g/mol. The Bertz CT molecular complexity index is 1290. The number of amides is 3. The molecule has 2 N–H and O–H groups in total. The number of aliphatic hydroxyl groups excluding tert-OH is 1. The zero-order chi connectivity index (χ0) is 27.4. The van der Waals surface area contributed by atoms with E-state index in [0.717, 1.165) is 0 Å². The van der Waals surface area contributed by atoms with Gasteiger partial charge in [0.15, 0.2) is 0 Å². The summed E-state index contributed by atoms with van der Waals surface area (Å²) in [7, 11) is 1.61. The lowest BCUT2D eigenvalue weighted by atomic mass is 9.99. The predicted octanol–water partition coefficient (Wildman–Crippen LogP) is 4.41. The highest BCUT2D eigenvalue weighted by molar-refractivity contribution is 5.98. The van der Waals surface area contributed by atoms with Crippen LogP contribution in [0.15, 0.2) is 60.8 Å². The number of likely N-dealkylation sites (N-methyl/N-ethyl adjacent to an activating group) is 1. The van der Waals surface area contributed by atoms with E-state index in [1.54, 1.807) is 43.3 Å². The molecule has 1 aliphatic rings. The first-order chi connectivity index (χ1) is 18.2. The molecule has 0 spiro atoms. The summed E-state index contributed by atoms with van der Waals surface area (Å²) in [6.07, 6.45) is 1.01. The van der Waals surface area contributed by atoms with E-state index >= 15 is 0 Å². The molecule has 10 heteroatoms. The van der Waals surface area contributed by atoms with Gasteiger partial charge in [0, 0.05) is 37.0 Å². The van der Waals surface area contributed by atoms with Crippen molar-refractivity contribution < 1.29 is 28.2 Å². The van der Waals surface area contributed by atoms with Crippen molar-refractivity contribution in [2.24, 2.45) is 5.92 Å². The first-order valence-electron chi connectivity index (χ1n) is 12.3. The van der Waals surface area contributed by atoms with Crippen molar-refractivity contribution in [3.8, 4) is 17.0 Å². The third-order valence-corrected chi connectivity index (χ3v) is 6.59.